The summed E-state index contributed by atoms with van der Waals surface area (Å²) in [5.74, 6) is -0.226. The molecule has 86 valence electrons. The van der Waals surface area contributed by atoms with Gasteiger partial charge in [-0.3, -0.25) is 0 Å². The molecule has 4 nitrogen and oxygen atoms in total. The van der Waals surface area contributed by atoms with Crippen LogP contribution in [0.25, 0.3) is 0 Å². The molecular weight excluding hydrogens is 204 g/mol. The van der Waals surface area contributed by atoms with Crippen LogP contribution < -0.4 is 5.32 Å². The number of hydrogen-bond acceptors (Lipinski definition) is 3. The lowest BCUT2D eigenvalue weighted by atomic mass is 10.0. The monoisotopic (exact) mass is 220 g/mol. The van der Waals surface area contributed by atoms with Crippen LogP contribution in [-0.4, -0.2) is 29.1 Å². The fourth-order valence-corrected chi connectivity index (χ4v) is 2.77. The van der Waals surface area contributed by atoms with Gasteiger partial charge >= 0.3 is 5.97 Å². The Hall–Kier alpha value is -1.29. The quantitative estimate of drug-likeness (QED) is 0.742. The number of ether oxygens (including phenoxy) is 1. The van der Waals surface area contributed by atoms with Gasteiger partial charge in [0.2, 0.25) is 0 Å². The van der Waals surface area contributed by atoms with E-state index < -0.39 is 0 Å². The zero-order valence-corrected chi connectivity index (χ0v) is 9.11. The number of carbonyl (C=O) groups excluding carboxylic acids is 1. The molecule has 0 radical (unpaired) electrons. The SMILES string of the molecule is O=C(OC1C[C@H]2CC[C@@H](C1)N2)c1ccc[nH]1. The lowest BCUT2D eigenvalue weighted by molar-refractivity contribution is 0.0171. The first-order valence-corrected chi connectivity index (χ1v) is 5.91. The van der Waals surface area contributed by atoms with Crippen LogP contribution in [0.15, 0.2) is 18.3 Å². The number of H-pyrrole nitrogens is 1. The molecule has 16 heavy (non-hydrogen) atoms. The lowest BCUT2D eigenvalue weighted by Crippen LogP contribution is -2.42. The molecule has 0 aromatic carbocycles. The summed E-state index contributed by atoms with van der Waals surface area (Å²) in [4.78, 5) is 14.6. The Labute approximate surface area is 94.4 Å². The largest absolute Gasteiger partial charge is 0.458 e. The molecule has 1 unspecified atom stereocenters. The standard InChI is InChI=1S/C12H16N2O2/c15-12(11-2-1-5-13-11)16-10-6-8-3-4-9(7-10)14-8/h1-2,5,8-10,13-14H,3-4,6-7H2/t8-,9+,10?. The van der Waals surface area contributed by atoms with Crippen LogP contribution in [0, 0.1) is 0 Å². The van der Waals surface area contributed by atoms with Crippen molar-refractivity contribution in [2.45, 2.75) is 43.9 Å². The van der Waals surface area contributed by atoms with E-state index in [1.807, 2.05) is 6.07 Å². The fourth-order valence-electron chi connectivity index (χ4n) is 2.77. The molecule has 3 atom stereocenters. The Kier molecular flexibility index (Phi) is 2.44. The third-order valence-corrected chi connectivity index (χ3v) is 3.52. The maximum atomic E-state index is 11.7. The highest BCUT2D eigenvalue weighted by molar-refractivity contribution is 5.87. The van der Waals surface area contributed by atoms with Crippen molar-refractivity contribution < 1.29 is 9.53 Å². The molecule has 0 aliphatic carbocycles. The van der Waals surface area contributed by atoms with Gasteiger partial charge in [-0.1, -0.05) is 0 Å². The number of carbonyl (C=O) groups is 1. The van der Waals surface area contributed by atoms with E-state index in [0.717, 1.165) is 12.8 Å². The maximum absolute atomic E-state index is 11.7. The van der Waals surface area contributed by atoms with Gasteiger partial charge < -0.3 is 15.0 Å². The van der Waals surface area contributed by atoms with Crippen LogP contribution in [0.2, 0.25) is 0 Å². The average Bonchev–Trinajstić information content (AvgIpc) is 2.88. The molecule has 2 aliphatic rings. The number of hydrogen-bond donors (Lipinski definition) is 2. The Balaban J connectivity index is 1.61. The van der Waals surface area contributed by atoms with Crippen LogP contribution in [0.5, 0.6) is 0 Å². The van der Waals surface area contributed by atoms with Gasteiger partial charge in [0.05, 0.1) is 0 Å². The van der Waals surface area contributed by atoms with E-state index in [-0.39, 0.29) is 12.1 Å². The normalized spacial score (nSPS) is 32.6. The number of fused-ring (bicyclic) bond motifs is 2. The first-order chi connectivity index (χ1) is 7.81. The molecule has 2 aliphatic heterocycles. The lowest BCUT2D eigenvalue weighted by Gasteiger charge is -2.28. The van der Waals surface area contributed by atoms with E-state index in [0.29, 0.717) is 17.8 Å². The predicted octanol–water partition coefficient (Wildman–Crippen LogP) is 1.45. The van der Waals surface area contributed by atoms with Crippen LogP contribution in [-0.2, 0) is 4.74 Å². The Morgan fingerprint density at radius 2 is 2.06 bits per heavy atom. The molecule has 0 spiro atoms. The minimum absolute atomic E-state index is 0.0922. The summed E-state index contributed by atoms with van der Waals surface area (Å²) in [6.07, 6.45) is 6.20. The predicted molar refractivity (Wildman–Crippen MR) is 59.2 cm³/mol. The van der Waals surface area contributed by atoms with Crippen molar-refractivity contribution in [2.24, 2.45) is 0 Å². The summed E-state index contributed by atoms with van der Waals surface area (Å²) in [6.45, 7) is 0. The first kappa shape index (κ1) is 9.90. The Morgan fingerprint density at radius 1 is 1.31 bits per heavy atom. The van der Waals surface area contributed by atoms with E-state index in [4.69, 9.17) is 4.74 Å². The van der Waals surface area contributed by atoms with Crippen LogP contribution >= 0.6 is 0 Å². The minimum atomic E-state index is -0.226. The van der Waals surface area contributed by atoms with Gasteiger partial charge in [0.1, 0.15) is 11.8 Å². The van der Waals surface area contributed by atoms with Crippen molar-refractivity contribution in [3.05, 3.63) is 24.0 Å². The number of piperidine rings is 1. The Morgan fingerprint density at radius 3 is 2.69 bits per heavy atom. The highest BCUT2D eigenvalue weighted by Crippen LogP contribution is 2.28. The Bertz CT molecular complexity index is 362. The zero-order valence-electron chi connectivity index (χ0n) is 9.11. The van der Waals surface area contributed by atoms with E-state index >= 15 is 0 Å². The number of esters is 1. The van der Waals surface area contributed by atoms with Gasteiger partial charge in [0, 0.05) is 18.3 Å². The highest BCUT2D eigenvalue weighted by atomic mass is 16.5. The molecule has 1 aromatic heterocycles. The molecular formula is C12H16N2O2. The fraction of sp³-hybridized carbons (Fsp3) is 0.583. The van der Waals surface area contributed by atoms with E-state index in [2.05, 4.69) is 10.3 Å². The molecule has 2 N–H and O–H groups in total. The molecule has 1 aromatic rings. The topological polar surface area (TPSA) is 54.1 Å². The summed E-state index contributed by atoms with van der Waals surface area (Å²) < 4.78 is 5.51. The van der Waals surface area contributed by atoms with Crippen molar-refractivity contribution >= 4 is 5.97 Å². The first-order valence-electron chi connectivity index (χ1n) is 5.91. The number of rotatable bonds is 2. The van der Waals surface area contributed by atoms with Crippen molar-refractivity contribution in [2.75, 3.05) is 0 Å². The second kappa shape index (κ2) is 3.94. The summed E-state index contributed by atoms with van der Waals surface area (Å²) in [7, 11) is 0. The molecule has 3 rings (SSSR count). The van der Waals surface area contributed by atoms with Gasteiger partial charge in [0.15, 0.2) is 0 Å². The molecule has 4 heteroatoms. The third-order valence-electron chi connectivity index (χ3n) is 3.52. The minimum Gasteiger partial charge on any atom is -0.458 e. The summed E-state index contributed by atoms with van der Waals surface area (Å²) in [5, 5.41) is 3.53. The third kappa shape index (κ3) is 1.85. The van der Waals surface area contributed by atoms with E-state index in [9.17, 15) is 4.79 Å². The van der Waals surface area contributed by atoms with Crippen molar-refractivity contribution in [1.29, 1.82) is 0 Å². The molecule has 2 bridgehead atoms. The smallest absolute Gasteiger partial charge is 0.355 e. The number of nitrogens with one attached hydrogen (secondary N) is 2. The molecule has 3 heterocycles. The van der Waals surface area contributed by atoms with Crippen LogP contribution in [0.1, 0.15) is 36.2 Å². The van der Waals surface area contributed by atoms with Crippen molar-refractivity contribution in [3.8, 4) is 0 Å². The summed E-state index contributed by atoms with van der Waals surface area (Å²) in [6, 6.07) is 4.67. The van der Waals surface area contributed by atoms with Crippen molar-refractivity contribution in [1.82, 2.24) is 10.3 Å². The van der Waals surface area contributed by atoms with Gasteiger partial charge in [0.25, 0.3) is 0 Å². The second-order valence-electron chi connectivity index (χ2n) is 4.72. The van der Waals surface area contributed by atoms with Crippen LogP contribution in [0.4, 0.5) is 0 Å². The van der Waals surface area contributed by atoms with Gasteiger partial charge in [-0.2, -0.15) is 0 Å². The molecule has 0 amide bonds. The second-order valence-corrected chi connectivity index (χ2v) is 4.72. The summed E-state index contributed by atoms with van der Waals surface area (Å²) >= 11 is 0. The zero-order chi connectivity index (χ0) is 11.0. The maximum Gasteiger partial charge on any atom is 0.355 e. The highest BCUT2D eigenvalue weighted by Gasteiger charge is 2.35. The number of aromatic amines is 1. The van der Waals surface area contributed by atoms with E-state index in [1.54, 1.807) is 12.3 Å². The van der Waals surface area contributed by atoms with E-state index in [1.165, 1.54) is 12.8 Å². The number of aromatic nitrogens is 1. The van der Waals surface area contributed by atoms with Gasteiger partial charge in [-0.25, -0.2) is 4.79 Å². The van der Waals surface area contributed by atoms with Crippen LogP contribution in [0.3, 0.4) is 0 Å². The average molecular weight is 220 g/mol. The molecule has 2 fully saturated rings. The molecule has 0 saturated carbocycles. The van der Waals surface area contributed by atoms with Gasteiger partial charge in [-0.15, -0.1) is 0 Å². The van der Waals surface area contributed by atoms with Crippen molar-refractivity contribution in [3.63, 3.8) is 0 Å². The molecule has 2 saturated heterocycles. The van der Waals surface area contributed by atoms with Gasteiger partial charge in [-0.05, 0) is 37.8 Å². The summed E-state index contributed by atoms with van der Waals surface area (Å²) in [5.41, 5.74) is 0.547.